The maximum atomic E-state index is 12.9. The molecule has 0 aliphatic rings. The number of nitrogens with one attached hydrogen (secondary N) is 2. The summed E-state index contributed by atoms with van der Waals surface area (Å²) in [5.74, 6) is 1.06. The highest BCUT2D eigenvalue weighted by Crippen LogP contribution is 2.30. The highest BCUT2D eigenvalue weighted by molar-refractivity contribution is 7.93. The van der Waals surface area contributed by atoms with Crippen molar-refractivity contribution in [2.45, 2.75) is 36.5 Å². The lowest BCUT2D eigenvalue weighted by Gasteiger charge is -2.15. The molecule has 3 aromatic carbocycles. The Morgan fingerprint density at radius 1 is 0.706 bits per heavy atom. The maximum Gasteiger partial charge on any atom is 0.262 e. The van der Waals surface area contributed by atoms with E-state index in [-0.39, 0.29) is 21.4 Å². The largest absolute Gasteiger partial charge is 0.496 e. The number of sulfonamides is 2. The molecule has 0 saturated heterocycles. The molecular formula is C24H28N2O6S2. The zero-order valence-electron chi connectivity index (χ0n) is 19.6. The van der Waals surface area contributed by atoms with Crippen LogP contribution < -0.4 is 18.9 Å². The van der Waals surface area contributed by atoms with Gasteiger partial charge in [0.05, 0.1) is 29.7 Å². The Kier molecular flexibility index (Phi) is 7.42. The number of hydrogen-bond acceptors (Lipinski definition) is 6. The lowest BCUT2D eigenvalue weighted by molar-refractivity contribution is 0.407. The second kappa shape index (κ2) is 9.94. The van der Waals surface area contributed by atoms with Gasteiger partial charge in [0, 0.05) is 5.69 Å². The topological polar surface area (TPSA) is 111 Å². The van der Waals surface area contributed by atoms with Crippen molar-refractivity contribution in [3.63, 3.8) is 0 Å². The molecule has 0 heterocycles. The maximum absolute atomic E-state index is 12.9. The molecule has 2 N–H and O–H groups in total. The van der Waals surface area contributed by atoms with Gasteiger partial charge in [-0.25, -0.2) is 16.8 Å². The number of anilines is 2. The fourth-order valence-corrected chi connectivity index (χ4v) is 5.51. The minimum Gasteiger partial charge on any atom is -0.496 e. The van der Waals surface area contributed by atoms with Crippen molar-refractivity contribution in [1.29, 1.82) is 0 Å². The van der Waals surface area contributed by atoms with E-state index in [9.17, 15) is 16.8 Å². The predicted octanol–water partition coefficient (Wildman–Crippen LogP) is 4.74. The summed E-state index contributed by atoms with van der Waals surface area (Å²) in [6, 6.07) is 15.3. The molecular weight excluding hydrogens is 476 g/mol. The number of benzene rings is 3. The first-order valence-corrected chi connectivity index (χ1v) is 13.4. The molecule has 3 rings (SSSR count). The van der Waals surface area contributed by atoms with Crippen LogP contribution in [-0.2, 0) is 20.0 Å². The van der Waals surface area contributed by atoms with Gasteiger partial charge in [0.25, 0.3) is 20.0 Å². The van der Waals surface area contributed by atoms with Gasteiger partial charge in [-0.05, 0) is 78.6 Å². The summed E-state index contributed by atoms with van der Waals surface area (Å²) in [7, 11) is -4.82. The van der Waals surface area contributed by atoms with E-state index in [4.69, 9.17) is 9.47 Å². The highest BCUT2D eigenvalue weighted by Gasteiger charge is 2.20. The van der Waals surface area contributed by atoms with Gasteiger partial charge in [-0.1, -0.05) is 19.9 Å². The summed E-state index contributed by atoms with van der Waals surface area (Å²) in [6.45, 7) is 5.73. The third kappa shape index (κ3) is 5.63. The van der Waals surface area contributed by atoms with Crippen molar-refractivity contribution >= 4 is 31.4 Å². The minimum atomic E-state index is -3.92. The van der Waals surface area contributed by atoms with Crippen molar-refractivity contribution in [3.05, 3.63) is 71.8 Å². The molecule has 0 atom stereocenters. The van der Waals surface area contributed by atoms with Crippen LogP contribution in [0.1, 0.15) is 30.9 Å². The molecule has 0 radical (unpaired) electrons. The number of rotatable bonds is 9. The zero-order valence-corrected chi connectivity index (χ0v) is 21.2. The highest BCUT2D eigenvalue weighted by atomic mass is 32.2. The fraction of sp³-hybridized carbons (Fsp3) is 0.250. The monoisotopic (exact) mass is 504 g/mol. The van der Waals surface area contributed by atoms with E-state index in [1.807, 2.05) is 26.8 Å². The molecule has 0 saturated carbocycles. The SMILES string of the molecule is COc1ccc(C)cc1NS(=O)(=O)c1ccc(NS(=O)(=O)c2ccc(OC)c(C(C)C)c2)cc1. The molecule has 0 unspecified atom stereocenters. The molecule has 0 aliphatic carbocycles. The quantitative estimate of drug-likeness (QED) is 0.436. The van der Waals surface area contributed by atoms with Crippen LogP contribution in [0.5, 0.6) is 11.5 Å². The van der Waals surface area contributed by atoms with Crippen LogP contribution in [0.4, 0.5) is 11.4 Å². The molecule has 0 bridgehead atoms. The van der Waals surface area contributed by atoms with Gasteiger partial charge in [-0.3, -0.25) is 9.44 Å². The molecule has 10 heteroatoms. The summed E-state index contributed by atoms with van der Waals surface area (Å²) in [6.07, 6.45) is 0. The van der Waals surface area contributed by atoms with Gasteiger partial charge < -0.3 is 9.47 Å². The van der Waals surface area contributed by atoms with Gasteiger partial charge >= 0.3 is 0 Å². The normalized spacial score (nSPS) is 11.8. The Bertz CT molecular complexity index is 1380. The molecule has 8 nitrogen and oxygen atoms in total. The molecule has 182 valence electrons. The lowest BCUT2D eigenvalue weighted by Crippen LogP contribution is -2.15. The first-order valence-electron chi connectivity index (χ1n) is 10.4. The summed E-state index contributed by atoms with van der Waals surface area (Å²) < 4.78 is 67.0. The third-order valence-corrected chi connectivity index (χ3v) is 7.91. The Morgan fingerprint density at radius 3 is 1.85 bits per heavy atom. The molecule has 0 aromatic heterocycles. The second-order valence-electron chi connectivity index (χ2n) is 8.00. The summed E-state index contributed by atoms with van der Waals surface area (Å²) in [5, 5.41) is 0. The van der Waals surface area contributed by atoms with Crippen LogP contribution in [0, 0.1) is 6.92 Å². The van der Waals surface area contributed by atoms with Crippen LogP contribution in [0.3, 0.4) is 0 Å². The summed E-state index contributed by atoms with van der Waals surface area (Å²) in [4.78, 5) is 0.0625. The fourth-order valence-electron chi connectivity index (χ4n) is 3.35. The van der Waals surface area contributed by atoms with Crippen LogP contribution >= 0.6 is 0 Å². The lowest BCUT2D eigenvalue weighted by atomic mass is 10.0. The molecule has 34 heavy (non-hydrogen) atoms. The third-order valence-electron chi connectivity index (χ3n) is 5.15. The Labute approximate surface area is 201 Å². The number of aryl methyl sites for hydroxylation is 1. The first-order chi connectivity index (χ1) is 16.0. The van der Waals surface area contributed by atoms with Gasteiger partial charge in [0.2, 0.25) is 0 Å². The molecule has 0 amide bonds. The minimum absolute atomic E-state index is 0.0226. The van der Waals surface area contributed by atoms with E-state index in [0.29, 0.717) is 17.2 Å². The Hall–Kier alpha value is -3.24. The van der Waals surface area contributed by atoms with Crippen LogP contribution in [0.2, 0.25) is 0 Å². The average Bonchev–Trinajstić information content (AvgIpc) is 2.78. The van der Waals surface area contributed by atoms with Crippen LogP contribution in [0.25, 0.3) is 0 Å². The van der Waals surface area contributed by atoms with Crippen LogP contribution in [-0.4, -0.2) is 31.1 Å². The average molecular weight is 505 g/mol. The smallest absolute Gasteiger partial charge is 0.262 e. The van der Waals surface area contributed by atoms with Crippen molar-refractivity contribution < 1.29 is 26.3 Å². The standard InChI is InChI=1S/C24H28N2O6S2/c1-16(2)21-15-20(11-13-23(21)31-4)34(29,30)25-18-7-9-19(10-8-18)33(27,28)26-22-14-17(3)6-12-24(22)32-5/h6-16,25-26H,1-5H3. The van der Waals surface area contributed by atoms with E-state index < -0.39 is 20.0 Å². The van der Waals surface area contributed by atoms with Gasteiger partial charge in [-0.2, -0.15) is 0 Å². The van der Waals surface area contributed by atoms with Gasteiger partial charge in [0.15, 0.2) is 0 Å². The van der Waals surface area contributed by atoms with E-state index in [1.54, 1.807) is 24.3 Å². The Morgan fingerprint density at radius 2 is 1.26 bits per heavy atom. The van der Waals surface area contributed by atoms with E-state index in [1.165, 1.54) is 44.6 Å². The van der Waals surface area contributed by atoms with Gasteiger partial charge in [0.1, 0.15) is 11.5 Å². The Balaban J connectivity index is 1.83. The number of hydrogen-bond donors (Lipinski definition) is 2. The first kappa shape index (κ1) is 25.4. The number of ether oxygens (including phenoxy) is 2. The number of methoxy groups -OCH3 is 2. The second-order valence-corrected chi connectivity index (χ2v) is 11.4. The van der Waals surface area contributed by atoms with Crippen molar-refractivity contribution in [2.24, 2.45) is 0 Å². The molecule has 0 aliphatic heterocycles. The van der Waals surface area contributed by atoms with Crippen LogP contribution in [0.15, 0.2) is 70.5 Å². The van der Waals surface area contributed by atoms with Crippen molar-refractivity contribution in [2.75, 3.05) is 23.7 Å². The van der Waals surface area contributed by atoms with E-state index in [2.05, 4.69) is 9.44 Å². The summed E-state index contributed by atoms with van der Waals surface area (Å²) in [5.41, 5.74) is 2.17. The predicted molar refractivity (Wildman–Crippen MR) is 133 cm³/mol. The molecule has 0 spiro atoms. The van der Waals surface area contributed by atoms with E-state index >= 15 is 0 Å². The van der Waals surface area contributed by atoms with Crippen molar-refractivity contribution in [1.82, 2.24) is 0 Å². The molecule has 0 fully saturated rings. The zero-order chi connectivity index (χ0) is 25.1. The van der Waals surface area contributed by atoms with Gasteiger partial charge in [-0.15, -0.1) is 0 Å². The van der Waals surface area contributed by atoms with E-state index in [0.717, 1.165) is 11.1 Å². The summed E-state index contributed by atoms with van der Waals surface area (Å²) >= 11 is 0. The van der Waals surface area contributed by atoms with Crippen molar-refractivity contribution in [3.8, 4) is 11.5 Å². The molecule has 3 aromatic rings.